The van der Waals surface area contributed by atoms with Crippen molar-refractivity contribution in [2.45, 2.75) is 39.2 Å². The fraction of sp³-hybridized carbons (Fsp3) is 0.455. The fourth-order valence-electron chi connectivity index (χ4n) is 3.93. The van der Waals surface area contributed by atoms with Gasteiger partial charge in [-0.1, -0.05) is 38.1 Å². The lowest BCUT2D eigenvalue weighted by Gasteiger charge is -2.32. The maximum atomic E-state index is 9.63. The van der Waals surface area contributed by atoms with Crippen LogP contribution in [0.2, 0.25) is 0 Å². The van der Waals surface area contributed by atoms with E-state index in [-0.39, 0.29) is 0 Å². The molecule has 1 N–H and O–H groups in total. The lowest BCUT2D eigenvalue weighted by molar-refractivity contribution is 0.299. The van der Waals surface area contributed by atoms with E-state index in [0.717, 1.165) is 45.4 Å². The average molecular weight is 338 g/mol. The minimum Gasteiger partial charge on any atom is -0.508 e. The van der Waals surface area contributed by atoms with Crippen LogP contribution in [0.3, 0.4) is 0 Å². The standard InChI is InChI=1S/C22H30N2O/c1-3-23(4-2)14-7-15-24(20-10-12-22(25)13-11-20)21-16-18-8-5-6-9-19(18)17-21/h5-6,8-13,21,25H,3-4,7,14-17H2,1-2H3. The molecule has 2 aromatic carbocycles. The lowest BCUT2D eigenvalue weighted by Crippen LogP contribution is -2.38. The molecule has 0 aliphatic heterocycles. The molecule has 3 heteroatoms. The van der Waals surface area contributed by atoms with Crippen LogP contribution in [0.1, 0.15) is 31.4 Å². The number of aromatic hydroxyl groups is 1. The van der Waals surface area contributed by atoms with Crippen molar-refractivity contribution < 1.29 is 5.11 Å². The Morgan fingerprint density at radius 2 is 1.48 bits per heavy atom. The predicted octanol–water partition coefficient (Wildman–Crippen LogP) is 4.10. The van der Waals surface area contributed by atoms with Gasteiger partial charge in [0.25, 0.3) is 0 Å². The minimum atomic E-state index is 0.335. The maximum absolute atomic E-state index is 9.63. The van der Waals surface area contributed by atoms with E-state index in [0.29, 0.717) is 11.8 Å². The third kappa shape index (κ3) is 4.35. The first-order valence-electron chi connectivity index (χ1n) is 9.56. The number of hydrogen-bond acceptors (Lipinski definition) is 3. The average Bonchev–Trinajstić information content (AvgIpc) is 3.07. The third-order valence-electron chi connectivity index (χ3n) is 5.42. The molecule has 0 atom stereocenters. The van der Waals surface area contributed by atoms with Crippen LogP contribution in [0, 0.1) is 0 Å². The Labute approximate surface area is 151 Å². The Hall–Kier alpha value is -2.00. The van der Waals surface area contributed by atoms with Gasteiger partial charge in [0.15, 0.2) is 0 Å². The topological polar surface area (TPSA) is 26.7 Å². The first-order chi connectivity index (χ1) is 12.2. The van der Waals surface area contributed by atoms with Gasteiger partial charge in [0.2, 0.25) is 0 Å². The monoisotopic (exact) mass is 338 g/mol. The van der Waals surface area contributed by atoms with Crippen LogP contribution in [-0.2, 0) is 12.8 Å². The maximum Gasteiger partial charge on any atom is 0.115 e. The summed E-state index contributed by atoms with van der Waals surface area (Å²) in [6.45, 7) is 8.89. The second kappa shape index (κ2) is 8.39. The Bertz CT molecular complexity index is 639. The van der Waals surface area contributed by atoms with Crippen molar-refractivity contribution in [3.8, 4) is 5.75 Å². The van der Waals surface area contributed by atoms with E-state index in [4.69, 9.17) is 0 Å². The quantitative estimate of drug-likeness (QED) is 0.785. The molecule has 0 unspecified atom stereocenters. The zero-order valence-electron chi connectivity index (χ0n) is 15.5. The van der Waals surface area contributed by atoms with E-state index in [1.165, 1.54) is 16.8 Å². The van der Waals surface area contributed by atoms with Gasteiger partial charge in [0.05, 0.1) is 0 Å². The van der Waals surface area contributed by atoms with Gasteiger partial charge in [-0.15, -0.1) is 0 Å². The molecule has 3 rings (SSSR count). The number of nitrogens with zero attached hydrogens (tertiary/aromatic N) is 2. The molecule has 1 aliphatic carbocycles. The third-order valence-corrected chi connectivity index (χ3v) is 5.42. The largest absolute Gasteiger partial charge is 0.508 e. The molecule has 0 heterocycles. The zero-order chi connectivity index (χ0) is 17.6. The molecule has 0 saturated heterocycles. The predicted molar refractivity (Wildman–Crippen MR) is 105 cm³/mol. The summed E-state index contributed by atoms with van der Waals surface area (Å²) in [5, 5.41) is 9.63. The van der Waals surface area contributed by atoms with Gasteiger partial charge in [-0.05, 0) is 74.3 Å². The molecule has 134 valence electrons. The Balaban J connectivity index is 1.72. The van der Waals surface area contributed by atoms with E-state index >= 15 is 0 Å². The molecule has 0 spiro atoms. The molecule has 25 heavy (non-hydrogen) atoms. The van der Waals surface area contributed by atoms with Crippen molar-refractivity contribution in [2.24, 2.45) is 0 Å². The van der Waals surface area contributed by atoms with Crippen molar-refractivity contribution in [1.82, 2.24) is 4.90 Å². The summed E-state index contributed by atoms with van der Waals surface area (Å²) >= 11 is 0. The van der Waals surface area contributed by atoms with E-state index in [1.807, 2.05) is 0 Å². The second-order valence-corrected chi connectivity index (χ2v) is 6.92. The summed E-state index contributed by atoms with van der Waals surface area (Å²) in [5.74, 6) is 0.335. The summed E-state index contributed by atoms with van der Waals surface area (Å²) in [6, 6.07) is 17.0. The van der Waals surface area contributed by atoms with Crippen molar-refractivity contribution in [1.29, 1.82) is 0 Å². The molecule has 1 aliphatic rings. The molecule has 0 radical (unpaired) electrons. The number of benzene rings is 2. The normalized spacial score (nSPS) is 14.0. The number of rotatable bonds is 8. The van der Waals surface area contributed by atoms with Crippen molar-refractivity contribution >= 4 is 5.69 Å². The van der Waals surface area contributed by atoms with Crippen molar-refractivity contribution in [2.75, 3.05) is 31.1 Å². The van der Waals surface area contributed by atoms with Gasteiger partial charge in [0, 0.05) is 18.3 Å². The number of fused-ring (bicyclic) bond motifs is 1. The molecular formula is C22H30N2O. The molecule has 3 nitrogen and oxygen atoms in total. The van der Waals surface area contributed by atoms with Crippen LogP contribution in [0.15, 0.2) is 48.5 Å². The van der Waals surface area contributed by atoms with Crippen molar-refractivity contribution in [3.63, 3.8) is 0 Å². The molecule has 2 aromatic rings. The molecule has 0 amide bonds. The highest BCUT2D eigenvalue weighted by Gasteiger charge is 2.26. The highest BCUT2D eigenvalue weighted by molar-refractivity contribution is 5.51. The summed E-state index contributed by atoms with van der Waals surface area (Å²) < 4.78 is 0. The second-order valence-electron chi connectivity index (χ2n) is 6.92. The molecule has 0 aromatic heterocycles. The van der Waals surface area contributed by atoms with E-state index in [1.54, 1.807) is 12.1 Å². The number of hydrogen-bond donors (Lipinski definition) is 1. The van der Waals surface area contributed by atoms with Crippen LogP contribution in [0.25, 0.3) is 0 Å². The molecule has 0 bridgehead atoms. The Morgan fingerprint density at radius 1 is 0.880 bits per heavy atom. The van der Waals surface area contributed by atoms with E-state index < -0.39 is 0 Å². The van der Waals surface area contributed by atoms with Gasteiger partial charge in [0.1, 0.15) is 5.75 Å². The summed E-state index contributed by atoms with van der Waals surface area (Å²) in [4.78, 5) is 5.03. The molecular weight excluding hydrogens is 308 g/mol. The Kier molecular flexibility index (Phi) is 5.98. The smallest absolute Gasteiger partial charge is 0.115 e. The SMILES string of the molecule is CCN(CC)CCCN(c1ccc(O)cc1)C1Cc2ccccc2C1. The highest BCUT2D eigenvalue weighted by Crippen LogP contribution is 2.30. The van der Waals surface area contributed by atoms with E-state index in [2.05, 4.69) is 60.0 Å². The van der Waals surface area contributed by atoms with Crippen LogP contribution < -0.4 is 4.90 Å². The van der Waals surface area contributed by atoms with Crippen LogP contribution in [-0.4, -0.2) is 42.2 Å². The van der Waals surface area contributed by atoms with Gasteiger partial charge >= 0.3 is 0 Å². The highest BCUT2D eigenvalue weighted by atomic mass is 16.3. The zero-order valence-corrected chi connectivity index (χ0v) is 15.5. The minimum absolute atomic E-state index is 0.335. The molecule has 0 fully saturated rings. The summed E-state index contributed by atoms with van der Waals surface area (Å²) in [5.41, 5.74) is 4.19. The van der Waals surface area contributed by atoms with Gasteiger partial charge in [-0.3, -0.25) is 0 Å². The first-order valence-corrected chi connectivity index (χ1v) is 9.56. The summed E-state index contributed by atoms with van der Waals surface area (Å²) in [7, 11) is 0. The number of anilines is 1. The van der Waals surface area contributed by atoms with Gasteiger partial charge in [-0.2, -0.15) is 0 Å². The van der Waals surface area contributed by atoms with Crippen LogP contribution >= 0.6 is 0 Å². The van der Waals surface area contributed by atoms with Crippen molar-refractivity contribution in [3.05, 3.63) is 59.7 Å². The van der Waals surface area contributed by atoms with Gasteiger partial charge < -0.3 is 14.9 Å². The number of phenols is 1. The van der Waals surface area contributed by atoms with Crippen LogP contribution in [0.5, 0.6) is 5.75 Å². The first kappa shape index (κ1) is 17.8. The van der Waals surface area contributed by atoms with Gasteiger partial charge in [-0.25, -0.2) is 0 Å². The van der Waals surface area contributed by atoms with E-state index in [9.17, 15) is 5.11 Å². The van der Waals surface area contributed by atoms with Crippen LogP contribution in [0.4, 0.5) is 5.69 Å². The molecule has 0 saturated carbocycles. The number of phenolic OH excluding ortho intramolecular Hbond substituents is 1. The lowest BCUT2D eigenvalue weighted by atomic mass is 10.1. The summed E-state index contributed by atoms with van der Waals surface area (Å²) in [6.07, 6.45) is 3.39. The fourth-order valence-corrected chi connectivity index (χ4v) is 3.93. The Morgan fingerprint density at radius 3 is 2.04 bits per heavy atom.